The predicted octanol–water partition coefficient (Wildman–Crippen LogP) is 1.46. The van der Waals surface area contributed by atoms with Crippen molar-refractivity contribution in [2.75, 3.05) is 19.6 Å². The van der Waals surface area contributed by atoms with Gasteiger partial charge in [-0.3, -0.25) is 18.7 Å². The Hall–Kier alpha value is -3.24. The van der Waals surface area contributed by atoms with E-state index < -0.39 is 21.3 Å². The fourth-order valence-electron chi connectivity index (χ4n) is 5.01. The van der Waals surface area contributed by atoms with E-state index in [1.165, 1.54) is 27.1 Å². The number of carbonyl (C=O) groups excluding carboxylic acids is 1. The van der Waals surface area contributed by atoms with Crippen LogP contribution in [0.15, 0.2) is 56.9 Å². The summed E-state index contributed by atoms with van der Waals surface area (Å²) in [4.78, 5) is 40.3. The number of aryl methyl sites for hydroxylation is 1. The van der Waals surface area contributed by atoms with E-state index in [0.29, 0.717) is 31.6 Å². The van der Waals surface area contributed by atoms with Crippen LogP contribution in [0.25, 0.3) is 10.9 Å². The summed E-state index contributed by atoms with van der Waals surface area (Å²) in [6, 6.07) is 12.1. The third-order valence-corrected chi connectivity index (χ3v) is 8.91. The van der Waals surface area contributed by atoms with E-state index in [4.69, 9.17) is 0 Å². The molecule has 1 aromatic heterocycles. The van der Waals surface area contributed by atoms with Crippen LogP contribution in [0.1, 0.15) is 30.4 Å². The van der Waals surface area contributed by atoms with Crippen LogP contribution >= 0.6 is 0 Å². The minimum atomic E-state index is -3.85. The molecule has 0 spiro atoms. The quantitative estimate of drug-likeness (QED) is 0.532. The molecule has 0 N–H and O–H groups in total. The van der Waals surface area contributed by atoms with Gasteiger partial charge in [-0.15, -0.1) is 0 Å². The van der Waals surface area contributed by atoms with Crippen molar-refractivity contribution in [2.24, 2.45) is 7.05 Å². The minimum absolute atomic E-state index is 0.0137. The molecule has 0 unspecified atom stereocenters. The number of carbonyl (C=O) groups is 1. The Labute approximate surface area is 203 Å². The largest absolute Gasteiger partial charge is 0.343 e. The van der Waals surface area contributed by atoms with Gasteiger partial charge in [0.15, 0.2) is 0 Å². The Balaban J connectivity index is 1.49. The van der Waals surface area contributed by atoms with Crippen LogP contribution in [0.2, 0.25) is 0 Å². The first-order chi connectivity index (χ1) is 16.8. The summed E-state index contributed by atoms with van der Waals surface area (Å²) in [6.07, 6.45) is 2.59. The number of hydrogen-bond donors (Lipinski definition) is 0. The van der Waals surface area contributed by atoms with Crippen LogP contribution < -0.4 is 11.2 Å². The standard InChI is InChI=1S/C25H28N4O5S/c1-26-22-9-8-20(35(33,34)28-14-10-18-6-2-3-7-19(18)17-28)16-21(22)24(31)29(25(26)32)15-11-23(30)27-12-4-5-13-27/h2-3,6-9,16H,4-5,10-15,17H2,1H3. The van der Waals surface area contributed by atoms with Crippen molar-refractivity contribution in [3.05, 3.63) is 74.4 Å². The van der Waals surface area contributed by atoms with Crippen molar-refractivity contribution in [3.8, 4) is 0 Å². The number of fused-ring (bicyclic) bond motifs is 2. The lowest BCUT2D eigenvalue weighted by Crippen LogP contribution is -2.40. The fraction of sp³-hybridized carbons (Fsp3) is 0.400. The smallest absolute Gasteiger partial charge is 0.331 e. The maximum Gasteiger partial charge on any atom is 0.331 e. The summed E-state index contributed by atoms with van der Waals surface area (Å²) < 4.78 is 30.7. The Kier molecular flexibility index (Phi) is 6.10. The molecule has 0 atom stereocenters. The monoisotopic (exact) mass is 496 g/mol. The lowest BCUT2D eigenvalue weighted by molar-refractivity contribution is -0.130. The van der Waals surface area contributed by atoms with E-state index >= 15 is 0 Å². The molecule has 35 heavy (non-hydrogen) atoms. The summed E-state index contributed by atoms with van der Waals surface area (Å²) in [5, 5.41) is 0.138. The number of sulfonamides is 1. The summed E-state index contributed by atoms with van der Waals surface area (Å²) in [5.74, 6) is -0.0849. The molecule has 0 aliphatic carbocycles. The van der Waals surface area contributed by atoms with E-state index in [9.17, 15) is 22.8 Å². The average molecular weight is 497 g/mol. The lowest BCUT2D eigenvalue weighted by atomic mass is 10.0. The summed E-state index contributed by atoms with van der Waals surface area (Å²) in [5.41, 5.74) is 1.35. The van der Waals surface area contributed by atoms with Gasteiger partial charge < -0.3 is 4.90 Å². The molecule has 0 bridgehead atoms. The van der Waals surface area contributed by atoms with Gasteiger partial charge in [-0.1, -0.05) is 24.3 Å². The van der Waals surface area contributed by atoms with Gasteiger partial charge in [0.05, 0.1) is 15.8 Å². The van der Waals surface area contributed by atoms with Gasteiger partial charge in [0.1, 0.15) is 0 Å². The molecule has 3 heterocycles. The Bertz CT molecular complexity index is 1530. The van der Waals surface area contributed by atoms with Gasteiger partial charge in [0, 0.05) is 46.2 Å². The minimum Gasteiger partial charge on any atom is -0.343 e. The molecule has 2 aliphatic rings. The highest BCUT2D eigenvalue weighted by molar-refractivity contribution is 7.89. The number of nitrogens with zero attached hydrogens (tertiary/aromatic N) is 4. The predicted molar refractivity (Wildman–Crippen MR) is 132 cm³/mol. The van der Waals surface area contributed by atoms with E-state index in [-0.39, 0.29) is 35.7 Å². The molecule has 2 aromatic carbocycles. The zero-order chi connectivity index (χ0) is 24.7. The third kappa shape index (κ3) is 4.21. The highest BCUT2D eigenvalue weighted by atomic mass is 32.2. The van der Waals surface area contributed by atoms with Crippen LogP contribution in [0, 0.1) is 0 Å². The van der Waals surface area contributed by atoms with Crippen LogP contribution in [0.4, 0.5) is 0 Å². The Morgan fingerprint density at radius 1 is 0.971 bits per heavy atom. The number of hydrogen-bond acceptors (Lipinski definition) is 5. The van der Waals surface area contributed by atoms with Gasteiger partial charge in [0.2, 0.25) is 15.9 Å². The van der Waals surface area contributed by atoms with Crippen molar-refractivity contribution in [1.82, 2.24) is 18.3 Å². The van der Waals surface area contributed by atoms with Gasteiger partial charge in [0.25, 0.3) is 5.56 Å². The molecular weight excluding hydrogens is 468 g/mol. The first kappa shape index (κ1) is 23.5. The Morgan fingerprint density at radius 2 is 1.69 bits per heavy atom. The van der Waals surface area contributed by atoms with Gasteiger partial charge >= 0.3 is 5.69 Å². The van der Waals surface area contributed by atoms with Gasteiger partial charge in [-0.2, -0.15) is 4.31 Å². The number of amides is 1. The topological polar surface area (TPSA) is 102 Å². The fourth-order valence-corrected chi connectivity index (χ4v) is 6.45. The number of benzene rings is 2. The van der Waals surface area contributed by atoms with Crippen LogP contribution in [0.5, 0.6) is 0 Å². The van der Waals surface area contributed by atoms with E-state index in [2.05, 4.69) is 0 Å². The SMILES string of the molecule is Cn1c(=O)n(CCC(=O)N2CCCC2)c(=O)c2cc(S(=O)(=O)N3CCc4ccccc4C3)ccc21. The van der Waals surface area contributed by atoms with Crippen molar-refractivity contribution in [1.29, 1.82) is 0 Å². The molecule has 5 rings (SSSR count). The molecule has 10 heteroatoms. The van der Waals surface area contributed by atoms with E-state index in [0.717, 1.165) is 28.5 Å². The maximum atomic E-state index is 13.4. The van der Waals surface area contributed by atoms with Crippen molar-refractivity contribution >= 4 is 26.8 Å². The van der Waals surface area contributed by atoms with Crippen LogP contribution in [0.3, 0.4) is 0 Å². The average Bonchev–Trinajstić information content (AvgIpc) is 3.42. The zero-order valence-electron chi connectivity index (χ0n) is 19.6. The molecule has 1 amide bonds. The number of rotatable bonds is 5. The molecule has 0 saturated carbocycles. The molecule has 0 radical (unpaired) electrons. The summed E-state index contributed by atoms with van der Waals surface area (Å²) in [7, 11) is -2.31. The van der Waals surface area contributed by atoms with Crippen molar-refractivity contribution in [3.63, 3.8) is 0 Å². The molecular formula is C25H28N4O5S. The summed E-state index contributed by atoms with van der Waals surface area (Å²) in [6.45, 7) is 1.98. The first-order valence-electron chi connectivity index (χ1n) is 11.9. The van der Waals surface area contributed by atoms with Crippen LogP contribution in [-0.2, 0) is 41.4 Å². The van der Waals surface area contributed by atoms with Gasteiger partial charge in [-0.05, 0) is 48.6 Å². The van der Waals surface area contributed by atoms with Gasteiger partial charge in [-0.25, -0.2) is 13.2 Å². The van der Waals surface area contributed by atoms with Crippen molar-refractivity contribution < 1.29 is 13.2 Å². The Morgan fingerprint density at radius 3 is 2.43 bits per heavy atom. The second-order valence-corrected chi connectivity index (χ2v) is 11.1. The number of likely N-dealkylation sites (tertiary alicyclic amines) is 1. The number of aromatic nitrogens is 2. The molecule has 184 valence electrons. The lowest BCUT2D eigenvalue weighted by Gasteiger charge is -2.28. The van der Waals surface area contributed by atoms with Crippen LogP contribution in [-0.4, -0.2) is 52.3 Å². The maximum absolute atomic E-state index is 13.4. The third-order valence-electron chi connectivity index (χ3n) is 7.06. The second kappa shape index (κ2) is 9.09. The first-order valence-corrected chi connectivity index (χ1v) is 13.3. The molecule has 1 fully saturated rings. The zero-order valence-corrected chi connectivity index (χ0v) is 20.5. The normalized spacial score (nSPS) is 16.5. The highest BCUT2D eigenvalue weighted by Gasteiger charge is 2.29. The van der Waals surface area contributed by atoms with E-state index in [1.807, 2.05) is 24.3 Å². The second-order valence-electron chi connectivity index (χ2n) is 9.17. The highest BCUT2D eigenvalue weighted by Crippen LogP contribution is 2.26. The molecule has 1 saturated heterocycles. The molecule has 9 nitrogen and oxygen atoms in total. The summed E-state index contributed by atoms with van der Waals surface area (Å²) >= 11 is 0. The molecule has 3 aromatic rings. The molecule has 2 aliphatic heterocycles. The van der Waals surface area contributed by atoms with Crippen molar-refractivity contribution in [2.45, 2.75) is 43.7 Å². The van der Waals surface area contributed by atoms with E-state index in [1.54, 1.807) is 11.9 Å².